The second-order valence-corrected chi connectivity index (χ2v) is 7.29. The number of benzene rings is 2. The van der Waals surface area contributed by atoms with Crippen molar-refractivity contribution in [2.24, 2.45) is 0 Å². The number of hydrogen-bond donors (Lipinski definition) is 3. The van der Waals surface area contributed by atoms with Gasteiger partial charge < -0.3 is 10.1 Å². The molecule has 1 aliphatic heterocycles. The first-order valence-electron chi connectivity index (χ1n) is 8.97. The summed E-state index contributed by atoms with van der Waals surface area (Å²) in [6.45, 7) is 2.39. The Morgan fingerprint density at radius 2 is 2.00 bits per heavy atom. The number of carbonyl (C=O) groups is 1. The zero-order valence-electron chi connectivity index (χ0n) is 15.2. The van der Waals surface area contributed by atoms with E-state index in [0.29, 0.717) is 24.2 Å². The number of nitrogens with one attached hydrogen (secondary N) is 2. The molecule has 1 unspecified atom stereocenters. The van der Waals surface area contributed by atoms with Gasteiger partial charge >= 0.3 is 12.1 Å². The molecule has 4 rings (SSSR count). The standard InChI is InChI=1S/C21H19F3N2O2/c1-12-5-6-17-16(9-12)15-7-8-25-20(19(27)28,18(15)26-17)11-13-3-2-4-14(10-13)21(22,23)24/h2-6,9-10,25-26H,7-8,11H2,1H3,(H,27,28). The van der Waals surface area contributed by atoms with Gasteiger partial charge in [0.1, 0.15) is 0 Å². The number of fused-ring (bicyclic) bond motifs is 3. The number of carboxylic acid groups (broad SMARTS) is 1. The van der Waals surface area contributed by atoms with E-state index < -0.39 is 23.2 Å². The Bertz CT molecular complexity index is 1070. The van der Waals surface area contributed by atoms with Gasteiger partial charge in [0, 0.05) is 23.9 Å². The lowest BCUT2D eigenvalue weighted by molar-refractivity contribution is -0.145. The van der Waals surface area contributed by atoms with Gasteiger partial charge in [0.15, 0.2) is 5.54 Å². The smallest absolute Gasteiger partial charge is 0.416 e. The van der Waals surface area contributed by atoms with Gasteiger partial charge in [0.2, 0.25) is 0 Å². The zero-order chi connectivity index (χ0) is 20.1. The summed E-state index contributed by atoms with van der Waals surface area (Å²) in [6.07, 6.45) is -3.92. The third kappa shape index (κ3) is 2.96. The minimum absolute atomic E-state index is 0.0922. The van der Waals surface area contributed by atoms with Gasteiger partial charge in [-0.05, 0) is 42.7 Å². The molecule has 0 radical (unpaired) electrons. The van der Waals surface area contributed by atoms with Crippen LogP contribution in [0.25, 0.3) is 10.9 Å². The van der Waals surface area contributed by atoms with Gasteiger partial charge in [-0.3, -0.25) is 5.32 Å². The van der Waals surface area contributed by atoms with Crippen LogP contribution in [0, 0.1) is 6.92 Å². The van der Waals surface area contributed by atoms with Crippen molar-refractivity contribution in [2.75, 3.05) is 6.54 Å². The highest BCUT2D eigenvalue weighted by Gasteiger charge is 2.46. The fourth-order valence-corrected chi connectivity index (χ4v) is 4.05. The highest BCUT2D eigenvalue weighted by molar-refractivity contribution is 5.90. The van der Waals surface area contributed by atoms with Gasteiger partial charge in [0.25, 0.3) is 0 Å². The molecule has 2 heterocycles. The van der Waals surface area contributed by atoms with Crippen molar-refractivity contribution in [3.8, 4) is 0 Å². The maximum atomic E-state index is 13.1. The lowest BCUT2D eigenvalue weighted by Crippen LogP contribution is -2.54. The molecule has 4 nitrogen and oxygen atoms in total. The molecule has 146 valence electrons. The van der Waals surface area contributed by atoms with E-state index in [1.54, 1.807) is 0 Å². The van der Waals surface area contributed by atoms with E-state index in [1.807, 2.05) is 25.1 Å². The van der Waals surface area contributed by atoms with E-state index in [0.717, 1.165) is 34.2 Å². The monoisotopic (exact) mass is 388 g/mol. The van der Waals surface area contributed by atoms with Crippen molar-refractivity contribution in [1.29, 1.82) is 0 Å². The molecule has 0 bridgehead atoms. The topological polar surface area (TPSA) is 65.1 Å². The second-order valence-electron chi connectivity index (χ2n) is 7.29. The van der Waals surface area contributed by atoms with Crippen LogP contribution in [-0.4, -0.2) is 22.6 Å². The van der Waals surface area contributed by atoms with Crippen LogP contribution in [0.2, 0.25) is 0 Å². The molecule has 3 N–H and O–H groups in total. The lowest BCUT2D eigenvalue weighted by atomic mass is 9.81. The van der Waals surface area contributed by atoms with Gasteiger partial charge in [-0.2, -0.15) is 13.2 Å². The molecule has 0 aliphatic carbocycles. The van der Waals surface area contributed by atoms with E-state index in [2.05, 4.69) is 10.3 Å². The second kappa shape index (κ2) is 6.38. The Balaban J connectivity index is 1.85. The van der Waals surface area contributed by atoms with Crippen LogP contribution in [0.1, 0.15) is 27.9 Å². The number of aromatic amines is 1. The van der Waals surface area contributed by atoms with Crippen LogP contribution in [-0.2, 0) is 29.4 Å². The van der Waals surface area contributed by atoms with Crippen molar-refractivity contribution < 1.29 is 23.1 Å². The van der Waals surface area contributed by atoms with Gasteiger partial charge in [-0.25, -0.2) is 4.79 Å². The van der Waals surface area contributed by atoms with Crippen molar-refractivity contribution in [3.63, 3.8) is 0 Å². The summed E-state index contributed by atoms with van der Waals surface area (Å²) in [7, 11) is 0. The molecule has 1 atom stereocenters. The first kappa shape index (κ1) is 18.6. The summed E-state index contributed by atoms with van der Waals surface area (Å²) < 4.78 is 39.2. The number of carboxylic acids is 1. The third-order valence-electron chi connectivity index (χ3n) is 5.38. The molecule has 0 saturated heterocycles. The molecule has 0 spiro atoms. The Morgan fingerprint density at radius 1 is 1.21 bits per heavy atom. The fraction of sp³-hybridized carbons (Fsp3) is 0.286. The molecule has 0 fully saturated rings. The SMILES string of the molecule is Cc1ccc2[nH]c3c(c2c1)CCNC3(Cc1cccc(C(F)(F)F)c1)C(=O)O. The summed E-state index contributed by atoms with van der Waals surface area (Å²) in [6, 6.07) is 10.7. The number of rotatable bonds is 3. The van der Waals surface area contributed by atoms with Gasteiger partial charge in [-0.1, -0.05) is 29.8 Å². The van der Waals surface area contributed by atoms with Gasteiger partial charge in [0.05, 0.1) is 11.3 Å². The summed E-state index contributed by atoms with van der Waals surface area (Å²) in [4.78, 5) is 15.6. The van der Waals surface area contributed by atoms with Crippen LogP contribution >= 0.6 is 0 Å². The molecule has 28 heavy (non-hydrogen) atoms. The minimum Gasteiger partial charge on any atom is -0.480 e. The largest absolute Gasteiger partial charge is 0.480 e. The maximum Gasteiger partial charge on any atom is 0.416 e. The van der Waals surface area contributed by atoms with Crippen molar-refractivity contribution in [3.05, 3.63) is 70.4 Å². The molecule has 7 heteroatoms. The van der Waals surface area contributed by atoms with E-state index in [9.17, 15) is 23.1 Å². The number of alkyl halides is 3. The lowest BCUT2D eigenvalue weighted by Gasteiger charge is -2.35. The number of H-pyrrole nitrogens is 1. The van der Waals surface area contributed by atoms with E-state index in [1.165, 1.54) is 12.1 Å². The van der Waals surface area contributed by atoms with Crippen molar-refractivity contribution in [1.82, 2.24) is 10.3 Å². The van der Waals surface area contributed by atoms with Crippen LogP contribution in [0.5, 0.6) is 0 Å². The predicted octanol–water partition coefficient (Wildman–Crippen LogP) is 4.16. The molecule has 1 aliphatic rings. The average Bonchev–Trinajstić information content (AvgIpc) is 3.00. The molecule has 2 aromatic carbocycles. The molecular formula is C21H19F3N2O2. The Morgan fingerprint density at radius 3 is 2.71 bits per heavy atom. The molecule has 0 saturated carbocycles. The normalized spacial score (nSPS) is 19.6. The summed E-state index contributed by atoms with van der Waals surface area (Å²) >= 11 is 0. The highest BCUT2D eigenvalue weighted by Crippen LogP contribution is 2.37. The van der Waals surface area contributed by atoms with Gasteiger partial charge in [-0.15, -0.1) is 0 Å². The quantitative estimate of drug-likeness (QED) is 0.631. The van der Waals surface area contributed by atoms with E-state index in [4.69, 9.17) is 0 Å². The summed E-state index contributed by atoms with van der Waals surface area (Å²) in [5, 5.41) is 14.1. The van der Waals surface area contributed by atoms with Crippen molar-refractivity contribution in [2.45, 2.75) is 31.5 Å². The Labute approximate surface area is 159 Å². The summed E-state index contributed by atoms with van der Waals surface area (Å²) in [5.41, 5.74) is 1.34. The third-order valence-corrected chi connectivity index (χ3v) is 5.38. The number of hydrogen-bond acceptors (Lipinski definition) is 2. The Kier molecular flexibility index (Phi) is 4.23. The van der Waals surface area contributed by atoms with Crippen LogP contribution in [0.15, 0.2) is 42.5 Å². The van der Waals surface area contributed by atoms with Crippen LogP contribution in [0.4, 0.5) is 13.2 Å². The zero-order valence-corrected chi connectivity index (χ0v) is 15.2. The fourth-order valence-electron chi connectivity index (χ4n) is 4.05. The van der Waals surface area contributed by atoms with Crippen LogP contribution < -0.4 is 5.32 Å². The van der Waals surface area contributed by atoms with Crippen LogP contribution in [0.3, 0.4) is 0 Å². The maximum absolute atomic E-state index is 13.1. The van der Waals surface area contributed by atoms with Crippen molar-refractivity contribution >= 4 is 16.9 Å². The number of aliphatic carboxylic acids is 1. The molecular weight excluding hydrogens is 369 g/mol. The molecule has 3 aromatic rings. The number of aryl methyl sites for hydroxylation is 1. The molecule has 0 amide bonds. The number of halogens is 3. The average molecular weight is 388 g/mol. The molecule has 1 aromatic heterocycles. The van der Waals surface area contributed by atoms with E-state index >= 15 is 0 Å². The number of aromatic nitrogens is 1. The predicted molar refractivity (Wildman–Crippen MR) is 99.2 cm³/mol. The first-order chi connectivity index (χ1) is 13.2. The minimum atomic E-state index is -4.48. The summed E-state index contributed by atoms with van der Waals surface area (Å²) in [5.74, 6) is -1.12. The highest BCUT2D eigenvalue weighted by atomic mass is 19.4. The van der Waals surface area contributed by atoms with E-state index in [-0.39, 0.29) is 6.42 Å². The first-order valence-corrected chi connectivity index (χ1v) is 8.97. The Hall–Kier alpha value is -2.80.